The quantitative estimate of drug-likeness (QED) is 0.585. The number of allylic oxidation sites excluding steroid dienone is 1. The lowest BCUT2D eigenvalue weighted by Gasteiger charge is -2.36. The highest BCUT2D eigenvalue weighted by atomic mass is 32.2. The molecule has 1 saturated heterocycles. The second kappa shape index (κ2) is 3.82. The second-order valence-corrected chi connectivity index (χ2v) is 7.71. The molecule has 0 aromatic heterocycles. The lowest BCUT2D eigenvalue weighted by Crippen LogP contribution is -2.29. The molecule has 0 aromatic rings. The average Bonchev–Trinajstić information content (AvgIpc) is 2.86. The van der Waals surface area contributed by atoms with Crippen molar-refractivity contribution in [1.29, 1.82) is 0 Å². The number of amides is 1. The van der Waals surface area contributed by atoms with Gasteiger partial charge in [0.1, 0.15) is 4.32 Å². The second-order valence-electron chi connectivity index (χ2n) is 5.99. The van der Waals surface area contributed by atoms with Crippen LogP contribution in [-0.4, -0.2) is 10.2 Å². The summed E-state index contributed by atoms with van der Waals surface area (Å²) in [7, 11) is 0. The Kier molecular flexibility index (Phi) is 2.63. The maximum Gasteiger partial charge on any atom is 0.263 e. The summed E-state index contributed by atoms with van der Waals surface area (Å²) < 4.78 is 0.599. The number of thioether (sulfide) groups is 1. The molecule has 1 aliphatic heterocycles. The van der Waals surface area contributed by atoms with Crippen LogP contribution in [0, 0.1) is 23.2 Å². The van der Waals surface area contributed by atoms with Crippen molar-refractivity contribution >= 4 is 34.2 Å². The first-order valence-corrected chi connectivity index (χ1v) is 7.46. The monoisotopic (exact) mass is 267 g/mol. The summed E-state index contributed by atoms with van der Waals surface area (Å²) in [5, 5.41) is 2.70. The number of fused-ring (bicyclic) bond motifs is 2. The van der Waals surface area contributed by atoms with E-state index in [9.17, 15) is 4.79 Å². The van der Waals surface area contributed by atoms with Gasteiger partial charge in [-0.1, -0.05) is 43.9 Å². The number of hydrogen-bond donors (Lipinski definition) is 1. The molecule has 0 spiro atoms. The summed E-state index contributed by atoms with van der Waals surface area (Å²) in [4.78, 5) is 12.5. The number of carbonyl (C=O) groups excluding carboxylic acids is 1. The molecule has 1 heterocycles. The molecule has 1 amide bonds. The first kappa shape index (κ1) is 11.7. The minimum atomic E-state index is -0.00132. The number of hydrogen-bond acceptors (Lipinski definition) is 3. The fourth-order valence-electron chi connectivity index (χ4n) is 3.85. The largest absolute Gasteiger partial charge is 0.307 e. The zero-order valence-electron chi connectivity index (χ0n) is 10.2. The van der Waals surface area contributed by atoms with E-state index in [0.717, 1.165) is 16.7 Å². The van der Waals surface area contributed by atoms with Crippen molar-refractivity contribution in [1.82, 2.24) is 5.32 Å². The van der Waals surface area contributed by atoms with Crippen LogP contribution in [0.15, 0.2) is 11.0 Å². The van der Waals surface area contributed by atoms with Crippen LogP contribution in [0.1, 0.15) is 33.1 Å². The summed E-state index contributed by atoms with van der Waals surface area (Å²) in [5.74, 6) is 2.18. The minimum Gasteiger partial charge on any atom is -0.307 e. The van der Waals surface area contributed by atoms with E-state index in [-0.39, 0.29) is 5.91 Å². The summed E-state index contributed by atoms with van der Waals surface area (Å²) in [6.07, 6.45) is 6.25. The van der Waals surface area contributed by atoms with Crippen LogP contribution in [-0.2, 0) is 4.79 Å². The maximum atomic E-state index is 11.7. The Morgan fingerprint density at radius 3 is 2.76 bits per heavy atom. The number of carbonyl (C=O) groups is 1. The zero-order valence-corrected chi connectivity index (χ0v) is 11.8. The smallest absolute Gasteiger partial charge is 0.263 e. The molecule has 2 saturated carbocycles. The standard InChI is InChI=1S/C13H17NOS2/c1-13(2)8-4-3-7(5-8)9(13)6-10-11(15)14-12(16)17-10/h6-9H,3-5H2,1-2H3,(H,14,15,16)/b10-6-/t7-,8-,9-/m0/s1. The molecule has 0 aromatic carbocycles. The molecule has 2 nitrogen and oxygen atoms in total. The molecule has 0 unspecified atom stereocenters. The molecule has 3 aliphatic rings. The Balaban J connectivity index is 1.88. The van der Waals surface area contributed by atoms with E-state index < -0.39 is 0 Å². The van der Waals surface area contributed by atoms with Gasteiger partial charge in [0.15, 0.2) is 0 Å². The van der Waals surface area contributed by atoms with Gasteiger partial charge in [0, 0.05) is 0 Å². The summed E-state index contributed by atoms with van der Waals surface area (Å²) in [6.45, 7) is 4.71. The van der Waals surface area contributed by atoms with Gasteiger partial charge in [-0.05, 0) is 42.4 Å². The van der Waals surface area contributed by atoms with Crippen molar-refractivity contribution in [3.8, 4) is 0 Å². The number of nitrogens with one attached hydrogen (secondary N) is 1. The average molecular weight is 267 g/mol. The predicted octanol–water partition coefficient (Wildman–Crippen LogP) is 3.09. The van der Waals surface area contributed by atoms with Gasteiger partial charge in [-0.2, -0.15) is 0 Å². The molecular weight excluding hydrogens is 250 g/mol. The van der Waals surface area contributed by atoms with Gasteiger partial charge in [-0.15, -0.1) is 0 Å². The van der Waals surface area contributed by atoms with Gasteiger partial charge in [-0.25, -0.2) is 0 Å². The Morgan fingerprint density at radius 1 is 1.47 bits per heavy atom. The van der Waals surface area contributed by atoms with Gasteiger partial charge in [0.05, 0.1) is 4.91 Å². The highest BCUT2D eigenvalue weighted by Crippen LogP contribution is 2.60. The van der Waals surface area contributed by atoms with Gasteiger partial charge in [0.25, 0.3) is 5.91 Å². The van der Waals surface area contributed by atoms with Crippen LogP contribution in [0.3, 0.4) is 0 Å². The van der Waals surface area contributed by atoms with E-state index >= 15 is 0 Å². The van der Waals surface area contributed by atoms with Crippen molar-refractivity contribution in [3.63, 3.8) is 0 Å². The van der Waals surface area contributed by atoms with Crippen LogP contribution in [0.25, 0.3) is 0 Å². The predicted molar refractivity (Wildman–Crippen MR) is 74.5 cm³/mol. The molecule has 4 heteroatoms. The van der Waals surface area contributed by atoms with Gasteiger partial charge >= 0.3 is 0 Å². The molecule has 3 rings (SSSR count). The first-order chi connectivity index (χ1) is 7.98. The normalized spacial score (nSPS) is 41.3. The number of rotatable bonds is 1. The molecule has 3 atom stereocenters. The molecular formula is C13H17NOS2. The van der Waals surface area contributed by atoms with E-state index in [0.29, 0.717) is 15.7 Å². The maximum absolute atomic E-state index is 11.7. The van der Waals surface area contributed by atoms with Crippen molar-refractivity contribution in [3.05, 3.63) is 11.0 Å². The molecule has 3 fully saturated rings. The number of thiocarbonyl (C=S) groups is 1. The summed E-state index contributed by atoms with van der Waals surface area (Å²) in [6, 6.07) is 0. The van der Waals surface area contributed by atoms with E-state index in [1.54, 1.807) is 0 Å². The zero-order chi connectivity index (χ0) is 12.2. The van der Waals surface area contributed by atoms with Gasteiger partial charge in [-0.3, -0.25) is 4.79 Å². The molecule has 17 heavy (non-hydrogen) atoms. The van der Waals surface area contributed by atoms with E-state index in [4.69, 9.17) is 12.2 Å². The molecule has 2 bridgehead atoms. The molecule has 2 aliphatic carbocycles. The SMILES string of the molecule is CC1(C)[C@H]2CC[C@@H](C2)[C@@H]1/C=C1\SC(=S)NC1=O. The van der Waals surface area contributed by atoms with Crippen molar-refractivity contribution in [2.75, 3.05) is 0 Å². The van der Waals surface area contributed by atoms with Crippen LogP contribution >= 0.6 is 24.0 Å². The van der Waals surface area contributed by atoms with Gasteiger partial charge in [0.2, 0.25) is 0 Å². The lowest BCUT2D eigenvalue weighted by molar-refractivity contribution is -0.115. The Labute approximate surface area is 112 Å². The highest BCUT2D eigenvalue weighted by Gasteiger charge is 2.52. The van der Waals surface area contributed by atoms with Crippen molar-refractivity contribution < 1.29 is 4.79 Å². The van der Waals surface area contributed by atoms with Crippen molar-refractivity contribution in [2.45, 2.75) is 33.1 Å². The topological polar surface area (TPSA) is 29.1 Å². The Bertz CT molecular complexity index is 427. The van der Waals surface area contributed by atoms with Crippen molar-refractivity contribution in [2.24, 2.45) is 23.2 Å². The first-order valence-electron chi connectivity index (χ1n) is 6.23. The third-order valence-corrected chi connectivity index (χ3v) is 6.05. The fraction of sp³-hybridized carbons (Fsp3) is 0.692. The van der Waals surface area contributed by atoms with E-state index in [2.05, 4.69) is 25.2 Å². The van der Waals surface area contributed by atoms with E-state index in [1.807, 2.05) is 0 Å². The highest BCUT2D eigenvalue weighted by molar-refractivity contribution is 8.26. The molecule has 1 N–H and O–H groups in total. The lowest BCUT2D eigenvalue weighted by atomic mass is 9.68. The van der Waals surface area contributed by atoms with Crippen LogP contribution in [0.5, 0.6) is 0 Å². The van der Waals surface area contributed by atoms with Crippen LogP contribution in [0.4, 0.5) is 0 Å². The third-order valence-electron chi connectivity index (χ3n) is 4.87. The minimum absolute atomic E-state index is 0.00132. The third kappa shape index (κ3) is 1.76. The van der Waals surface area contributed by atoms with Gasteiger partial charge < -0.3 is 5.32 Å². The van der Waals surface area contributed by atoms with Crippen LogP contribution < -0.4 is 5.32 Å². The summed E-state index contributed by atoms with van der Waals surface area (Å²) in [5.41, 5.74) is 0.348. The Morgan fingerprint density at radius 2 is 2.24 bits per heavy atom. The molecule has 0 radical (unpaired) electrons. The van der Waals surface area contributed by atoms with E-state index in [1.165, 1.54) is 31.0 Å². The Hall–Kier alpha value is -0.350. The summed E-state index contributed by atoms with van der Waals surface area (Å²) >= 11 is 6.45. The van der Waals surface area contributed by atoms with Crippen LogP contribution in [0.2, 0.25) is 0 Å². The molecule has 92 valence electrons. The fourth-order valence-corrected chi connectivity index (χ4v) is 4.91.